The second-order valence-electron chi connectivity index (χ2n) is 7.59. The molecule has 132 valence electrons. The number of likely N-dealkylation sites (N-methyl/N-ethyl adjacent to an activating group) is 1. The van der Waals surface area contributed by atoms with Gasteiger partial charge in [0.2, 0.25) is 11.9 Å². The zero-order valence-electron chi connectivity index (χ0n) is 15.4. The third kappa shape index (κ3) is 3.06. The summed E-state index contributed by atoms with van der Waals surface area (Å²) in [6.45, 7) is 8.28. The van der Waals surface area contributed by atoms with Crippen molar-refractivity contribution < 1.29 is 4.79 Å². The second-order valence-corrected chi connectivity index (χ2v) is 7.59. The Morgan fingerprint density at radius 1 is 1.33 bits per heavy atom. The molecule has 6 nitrogen and oxygen atoms in total. The predicted octanol–water partition coefficient (Wildman–Crippen LogP) is 3.19. The first-order valence-corrected chi connectivity index (χ1v) is 9.09. The summed E-state index contributed by atoms with van der Waals surface area (Å²) in [5.41, 5.74) is 1.55. The average molecular weight is 331 g/mol. The van der Waals surface area contributed by atoms with Crippen molar-refractivity contribution in [3.8, 4) is 0 Å². The van der Waals surface area contributed by atoms with Gasteiger partial charge in [-0.2, -0.15) is 4.98 Å². The molecule has 6 heteroatoms. The number of hydrogen-bond donors (Lipinski definition) is 2. The molecule has 1 aromatic rings. The van der Waals surface area contributed by atoms with Crippen LogP contribution in [0.1, 0.15) is 52.1 Å². The Morgan fingerprint density at radius 2 is 2.04 bits per heavy atom. The lowest BCUT2D eigenvalue weighted by molar-refractivity contribution is -0.118. The molecule has 2 aliphatic rings. The molecule has 3 rings (SSSR count). The molecule has 1 saturated carbocycles. The molecule has 24 heavy (non-hydrogen) atoms. The van der Waals surface area contributed by atoms with Crippen LogP contribution in [0.5, 0.6) is 0 Å². The van der Waals surface area contributed by atoms with Crippen molar-refractivity contribution in [2.45, 2.75) is 65.5 Å². The van der Waals surface area contributed by atoms with Gasteiger partial charge in [0.25, 0.3) is 0 Å². The Balaban J connectivity index is 1.78. The standard InChI is InChI=1S/C18H29N5O/c1-6-7-12-8-13(9-12)20-18-19-11(4)14-16(22-18)23(5)15(10(2)3)17(24)21-14/h10,12-13,15H,6-9H2,1-5H3,(H,21,24)(H,19,20,22)/t12?,13?,15-/m0/s1. The molecule has 0 radical (unpaired) electrons. The molecule has 0 bridgehead atoms. The van der Waals surface area contributed by atoms with Gasteiger partial charge in [-0.25, -0.2) is 4.98 Å². The maximum atomic E-state index is 12.4. The lowest BCUT2D eigenvalue weighted by Gasteiger charge is -2.38. The van der Waals surface area contributed by atoms with Crippen molar-refractivity contribution in [1.82, 2.24) is 9.97 Å². The number of fused-ring (bicyclic) bond motifs is 1. The summed E-state index contributed by atoms with van der Waals surface area (Å²) < 4.78 is 0. The number of aromatic nitrogens is 2. The summed E-state index contributed by atoms with van der Waals surface area (Å²) in [5, 5.41) is 6.46. The van der Waals surface area contributed by atoms with E-state index < -0.39 is 0 Å². The molecular formula is C18H29N5O. The molecule has 1 amide bonds. The van der Waals surface area contributed by atoms with Gasteiger partial charge in [0.15, 0.2) is 5.82 Å². The second kappa shape index (κ2) is 6.57. The van der Waals surface area contributed by atoms with Crippen LogP contribution in [0.4, 0.5) is 17.5 Å². The van der Waals surface area contributed by atoms with Crippen LogP contribution in [0, 0.1) is 18.8 Å². The van der Waals surface area contributed by atoms with Crippen molar-refractivity contribution in [3.63, 3.8) is 0 Å². The molecule has 0 saturated heterocycles. The minimum Gasteiger partial charge on any atom is -0.351 e. The van der Waals surface area contributed by atoms with E-state index in [1.54, 1.807) is 0 Å². The SMILES string of the molecule is CCCC1CC(Nc2nc(C)c3c(n2)N(C)[C@@H](C(C)C)C(=O)N3)C1. The van der Waals surface area contributed by atoms with Crippen LogP contribution < -0.4 is 15.5 Å². The molecular weight excluding hydrogens is 302 g/mol. The predicted molar refractivity (Wildman–Crippen MR) is 97.5 cm³/mol. The van der Waals surface area contributed by atoms with Crippen molar-refractivity contribution in [2.75, 3.05) is 22.6 Å². The highest BCUT2D eigenvalue weighted by Gasteiger charge is 2.36. The molecule has 2 N–H and O–H groups in total. The average Bonchev–Trinajstić information content (AvgIpc) is 2.46. The minimum absolute atomic E-state index is 0.0220. The highest BCUT2D eigenvalue weighted by Crippen LogP contribution is 2.36. The maximum Gasteiger partial charge on any atom is 0.247 e. The quantitative estimate of drug-likeness (QED) is 0.867. The molecule has 0 aromatic carbocycles. The third-order valence-electron chi connectivity index (χ3n) is 5.24. The number of carbonyl (C=O) groups excluding carboxylic acids is 1. The van der Waals surface area contributed by atoms with E-state index in [1.165, 1.54) is 25.7 Å². The van der Waals surface area contributed by atoms with Gasteiger partial charge < -0.3 is 15.5 Å². The lowest BCUT2D eigenvalue weighted by Crippen LogP contribution is -2.49. The normalized spacial score (nSPS) is 26.0. The van der Waals surface area contributed by atoms with Crippen LogP contribution in [0.3, 0.4) is 0 Å². The maximum absolute atomic E-state index is 12.4. The van der Waals surface area contributed by atoms with Gasteiger partial charge in [0, 0.05) is 13.1 Å². The van der Waals surface area contributed by atoms with Crippen LogP contribution in [0.25, 0.3) is 0 Å². The highest BCUT2D eigenvalue weighted by atomic mass is 16.2. The van der Waals surface area contributed by atoms with Crippen molar-refractivity contribution in [1.29, 1.82) is 0 Å². The fraction of sp³-hybridized carbons (Fsp3) is 0.722. The van der Waals surface area contributed by atoms with Crippen molar-refractivity contribution in [3.05, 3.63) is 5.69 Å². The van der Waals surface area contributed by atoms with E-state index in [-0.39, 0.29) is 17.9 Å². The Kier molecular flexibility index (Phi) is 4.65. The topological polar surface area (TPSA) is 70.2 Å². The summed E-state index contributed by atoms with van der Waals surface area (Å²) in [4.78, 5) is 23.6. The van der Waals surface area contributed by atoms with E-state index in [9.17, 15) is 4.79 Å². The fourth-order valence-electron chi connectivity index (χ4n) is 3.96. The van der Waals surface area contributed by atoms with E-state index >= 15 is 0 Å². The first-order valence-electron chi connectivity index (χ1n) is 9.09. The van der Waals surface area contributed by atoms with Gasteiger partial charge in [-0.3, -0.25) is 4.79 Å². The number of nitrogens with zero attached hydrogens (tertiary/aromatic N) is 3. The first kappa shape index (κ1) is 17.0. The van der Waals surface area contributed by atoms with Crippen LogP contribution in [-0.2, 0) is 4.79 Å². The highest BCUT2D eigenvalue weighted by molar-refractivity contribution is 6.03. The number of carbonyl (C=O) groups is 1. The monoisotopic (exact) mass is 331 g/mol. The number of hydrogen-bond acceptors (Lipinski definition) is 5. The molecule has 1 atom stereocenters. The molecule has 0 spiro atoms. The largest absolute Gasteiger partial charge is 0.351 e. The third-order valence-corrected chi connectivity index (χ3v) is 5.24. The van der Waals surface area contributed by atoms with Crippen LogP contribution >= 0.6 is 0 Å². The Labute approximate surface area is 144 Å². The zero-order chi connectivity index (χ0) is 17.4. The lowest BCUT2D eigenvalue weighted by atomic mass is 9.78. The zero-order valence-corrected chi connectivity index (χ0v) is 15.4. The number of amides is 1. The Morgan fingerprint density at radius 3 is 2.67 bits per heavy atom. The van der Waals surface area contributed by atoms with Crippen LogP contribution in [-0.4, -0.2) is 35.0 Å². The van der Waals surface area contributed by atoms with Gasteiger partial charge in [0.1, 0.15) is 11.7 Å². The summed E-state index contributed by atoms with van der Waals surface area (Å²) in [5.74, 6) is 2.58. The Bertz CT molecular complexity index is 624. The van der Waals surface area contributed by atoms with Crippen molar-refractivity contribution >= 4 is 23.4 Å². The number of aryl methyl sites for hydroxylation is 1. The number of anilines is 3. The summed E-state index contributed by atoms with van der Waals surface area (Å²) in [6, 6.07) is 0.278. The van der Waals surface area contributed by atoms with Crippen molar-refractivity contribution in [2.24, 2.45) is 11.8 Å². The number of nitrogens with one attached hydrogen (secondary N) is 2. The molecule has 1 aliphatic heterocycles. The summed E-state index contributed by atoms with van der Waals surface area (Å²) >= 11 is 0. The van der Waals surface area contributed by atoms with Gasteiger partial charge in [0.05, 0.1) is 5.69 Å². The van der Waals surface area contributed by atoms with E-state index in [1.807, 2.05) is 18.9 Å². The van der Waals surface area contributed by atoms with E-state index in [2.05, 4.69) is 36.4 Å². The van der Waals surface area contributed by atoms with Gasteiger partial charge in [-0.15, -0.1) is 0 Å². The molecule has 2 heterocycles. The van der Waals surface area contributed by atoms with Gasteiger partial charge in [-0.05, 0) is 31.6 Å². The van der Waals surface area contributed by atoms with E-state index in [0.717, 1.165) is 23.1 Å². The molecule has 0 unspecified atom stereocenters. The summed E-state index contributed by atoms with van der Waals surface area (Å²) in [7, 11) is 1.94. The van der Waals surface area contributed by atoms with Crippen LogP contribution in [0.15, 0.2) is 0 Å². The van der Waals surface area contributed by atoms with Gasteiger partial charge >= 0.3 is 0 Å². The number of rotatable bonds is 5. The van der Waals surface area contributed by atoms with Crippen LogP contribution in [0.2, 0.25) is 0 Å². The van der Waals surface area contributed by atoms with E-state index in [4.69, 9.17) is 4.98 Å². The van der Waals surface area contributed by atoms with E-state index in [0.29, 0.717) is 12.0 Å². The smallest absolute Gasteiger partial charge is 0.247 e. The van der Waals surface area contributed by atoms with Gasteiger partial charge in [-0.1, -0.05) is 33.6 Å². The summed E-state index contributed by atoms with van der Waals surface area (Å²) in [6.07, 6.45) is 4.98. The molecule has 1 aliphatic carbocycles. The first-order chi connectivity index (χ1) is 11.4. The Hall–Kier alpha value is -1.85. The molecule has 1 aromatic heterocycles. The fourth-order valence-corrected chi connectivity index (χ4v) is 3.96. The minimum atomic E-state index is -0.197. The molecule has 1 fully saturated rings.